The highest BCUT2D eigenvalue weighted by Gasteiger charge is 2.14. The molecule has 1 unspecified atom stereocenters. The second-order valence-electron chi connectivity index (χ2n) is 4.06. The van der Waals surface area contributed by atoms with Crippen molar-refractivity contribution in [3.8, 4) is 5.75 Å². The SMILES string of the molecule is COc1ccc(CC(C)C(=O)NCC(=O)O)cc1. The molecule has 0 aliphatic carbocycles. The zero-order valence-corrected chi connectivity index (χ0v) is 10.5. The smallest absolute Gasteiger partial charge is 0.322 e. The molecule has 5 heteroatoms. The van der Waals surface area contributed by atoms with Gasteiger partial charge in [0.2, 0.25) is 5.91 Å². The fourth-order valence-corrected chi connectivity index (χ4v) is 1.54. The topological polar surface area (TPSA) is 75.6 Å². The van der Waals surface area contributed by atoms with E-state index in [-0.39, 0.29) is 18.4 Å². The number of carbonyl (C=O) groups is 2. The monoisotopic (exact) mass is 251 g/mol. The Hall–Kier alpha value is -2.04. The van der Waals surface area contributed by atoms with Crippen LogP contribution in [0.3, 0.4) is 0 Å². The number of nitrogens with one attached hydrogen (secondary N) is 1. The first-order chi connectivity index (χ1) is 8.52. The van der Waals surface area contributed by atoms with Crippen LogP contribution in [-0.4, -0.2) is 30.6 Å². The number of rotatable bonds is 6. The summed E-state index contributed by atoms with van der Waals surface area (Å²) in [5.74, 6) is -0.798. The first-order valence-corrected chi connectivity index (χ1v) is 5.65. The number of benzene rings is 1. The fraction of sp³-hybridized carbons (Fsp3) is 0.385. The van der Waals surface area contributed by atoms with Gasteiger partial charge in [0.1, 0.15) is 12.3 Å². The number of hydrogen-bond donors (Lipinski definition) is 2. The fourth-order valence-electron chi connectivity index (χ4n) is 1.54. The Morgan fingerprint density at radius 1 is 1.33 bits per heavy atom. The number of methoxy groups -OCH3 is 1. The molecule has 0 bridgehead atoms. The van der Waals surface area contributed by atoms with Gasteiger partial charge in [-0.1, -0.05) is 19.1 Å². The van der Waals surface area contributed by atoms with E-state index in [1.165, 1.54) is 0 Å². The summed E-state index contributed by atoms with van der Waals surface area (Å²) >= 11 is 0. The number of ether oxygens (including phenoxy) is 1. The van der Waals surface area contributed by atoms with Crippen molar-refractivity contribution in [1.82, 2.24) is 5.32 Å². The number of carboxylic acids is 1. The first kappa shape index (κ1) is 14.0. The van der Waals surface area contributed by atoms with E-state index in [9.17, 15) is 9.59 Å². The minimum absolute atomic E-state index is 0.256. The number of hydrogen-bond acceptors (Lipinski definition) is 3. The van der Waals surface area contributed by atoms with Gasteiger partial charge in [0.15, 0.2) is 0 Å². The predicted molar refractivity (Wildman–Crippen MR) is 66.5 cm³/mol. The zero-order valence-electron chi connectivity index (χ0n) is 10.5. The molecule has 1 amide bonds. The maximum Gasteiger partial charge on any atom is 0.322 e. The van der Waals surface area contributed by atoms with E-state index < -0.39 is 5.97 Å². The van der Waals surface area contributed by atoms with Crippen LogP contribution in [0.15, 0.2) is 24.3 Å². The van der Waals surface area contributed by atoms with Crippen LogP contribution < -0.4 is 10.1 Å². The molecule has 0 radical (unpaired) electrons. The molecule has 0 spiro atoms. The lowest BCUT2D eigenvalue weighted by atomic mass is 10.0. The highest BCUT2D eigenvalue weighted by Crippen LogP contribution is 2.14. The van der Waals surface area contributed by atoms with Crippen molar-refractivity contribution in [2.45, 2.75) is 13.3 Å². The van der Waals surface area contributed by atoms with E-state index in [4.69, 9.17) is 9.84 Å². The summed E-state index contributed by atoms with van der Waals surface area (Å²) in [5.41, 5.74) is 1.01. The Labute approximate surface area is 106 Å². The van der Waals surface area contributed by atoms with E-state index in [1.54, 1.807) is 14.0 Å². The van der Waals surface area contributed by atoms with Crippen molar-refractivity contribution < 1.29 is 19.4 Å². The minimum atomic E-state index is -1.04. The molecule has 1 aromatic rings. The predicted octanol–water partition coefficient (Wildman–Crippen LogP) is 1.07. The summed E-state index contributed by atoms with van der Waals surface area (Å²) in [4.78, 5) is 21.9. The Morgan fingerprint density at radius 2 is 1.94 bits per heavy atom. The van der Waals surface area contributed by atoms with Gasteiger partial charge in [-0.3, -0.25) is 9.59 Å². The van der Waals surface area contributed by atoms with Gasteiger partial charge in [0.05, 0.1) is 7.11 Å². The number of carbonyl (C=O) groups excluding carboxylic acids is 1. The molecule has 0 fully saturated rings. The lowest BCUT2D eigenvalue weighted by molar-refractivity contribution is -0.138. The van der Waals surface area contributed by atoms with E-state index >= 15 is 0 Å². The lowest BCUT2D eigenvalue weighted by Crippen LogP contribution is -2.34. The average Bonchev–Trinajstić information content (AvgIpc) is 2.36. The summed E-state index contributed by atoms with van der Waals surface area (Å²) in [6, 6.07) is 7.44. The molecule has 0 aromatic heterocycles. The molecule has 2 N–H and O–H groups in total. The summed E-state index contributed by atoms with van der Waals surface area (Å²) in [6.45, 7) is 1.42. The summed E-state index contributed by atoms with van der Waals surface area (Å²) in [7, 11) is 1.59. The minimum Gasteiger partial charge on any atom is -0.497 e. The van der Waals surface area contributed by atoms with E-state index in [1.807, 2.05) is 24.3 Å². The molecule has 1 atom stereocenters. The number of carboxylic acid groups (broad SMARTS) is 1. The summed E-state index contributed by atoms with van der Waals surface area (Å²) in [5, 5.41) is 10.8. The third-order valence-electron chi connectivity index (χ3n) is 2.56. The molecule has 18 heavy (non-hydrogen) atoms. The first-order valence-electron chi connectivity index (χ1n) is 5.65. The van der Waals surface area contributed by atoms with Crippen molar-refractivity contribution in [3.63, 3.8) is 0 Å². The molecule has 1 aromatic carbocycles. The van der Waals surface area contributed by atoms with Crippen molar-refractivity contribution in [3.05, 3.63) is 29.8 Å². The van der Waals surface area contributed by atoms with Crippen LogP contribution in [0, 0.1) is 5.92 Å². The molecular formula is C13H17NO4. The van der Waals surface area contributed by atoms with Gasteiger partial charge >= 0.3 is 5.97 Å². The van der Waals surface area contributed by atoms with Crippen LogP contribution >= 0.6 is 0 Å². The van der Waals surface area contributed by atoms with Crippen molar-refractivity contribution in [1.29, 1.82) is 0 Å². The van der Waals surface area contributed by atoms with Crippen molar-refractivity contribution in [2.24, 2.45) is 5.92 Å². The molecule has 0 heterocycles. The van der Waals surface area contributed by atoms with Crippen molar-refractivity contribution in [2.75, 3.05) is 13.7 Å². The normalized spacial score (nSPS) is 11.7. The van der Waals surface area contributed by atoms with Gasteiger partial charge in [0.25, 0.3) is 0 Å². The highest BCUT2D eigenvalue weighted by atomic mass is 16.5. The maximum atomic E-state index is 11.6. The number of amides is 1. The van der Waals surface area contributed by atoms with Crippen LogP contribution in [0.2, 0.25) is 0 Å². The third kappa shape index (κ3) is 4.45. The lowest BCUT2D eigenvalue weighted by Gasteiger charge is -2.11. The number of aliphatic carboxylic acids is 1. The van der Waals surface area contributed by atoms with Crippen LogP contribution in [0.5, 0.6) is 5.75 Å². The van der Waals surface area contributed by atoms with Gasteiger partial charge in [-0.15, -0.1) is 0 Å². The van der Waals surface area contributed by atoms with Gasteiger partial charge in [-0.2, -0.15) is 0 Å². The maximum absolute atomic E-state index is 11.6. The van der Waals surface area contributed by atoms with E-state index in [2.05, 4.69) is 5.32 Å². The molecule has 0 aliphatic heterocycles. The van der Waals surface area contributed by atoms with Gasteiger partial charge in [0, 0.05) is 5.92 Å². The Balaban J connectivity index is 2.49. The van der Waals surface area contributed by atoms with Crippen LogP contribution in [0.4, 0.5) is 0 Å². The standard InChI is InChI=1S/C13H17NO4/c1-9(13(17)14-8-12(15)16)7-10-3-5-11(18-2)6-4-10/h3-6,9H,7-8H2,1-2H3,(H,14,17)(H,15,16). The van der Waals surface area contributed by atoms with Crippen LogP contribution in [-0.2, 0) is 16.0 Å². The largest absolute Gasteiger partial charge is 0.497 e. The van der Waals surface area contributed by atoms with Gasteiger partial charge in [-0.05, 0) is 24.1 Å². The molecule has 5 nitrogen and oxygen atoms in total. The van der Waals surface area contributed by atoms with E-state index in [0.717, 1.165) is 11.3 Å². The van der Waals surface area contributed by atoms with Crippen LogP contribution in [0.25, 0.3) is 0 Å². The Bertz CT molecular complexity index is 414. The van der Waals surface area contributed by atoms with Gasteiger partial charge < -0.3 is 15.2 Å². The molecule has 0 saturated heterocycles. The molecule has 0 aliphatic rings. The Kier molecular flexibility index (Phi) is 5.17. The zero-order chi connectivity index (χ0) is 13.5. The second kappa shape index (κ2) is 6.64. The van der Waals surface area contributed by atoms with E-state index in [0.29, 0.717) is 6.42 Å². The van der Waals surface area contributed by atoms with Crippen molar-refractivity contribution >= 4 is 11.9 Å². The molecule has 1 rings (SSSR count). The van der Waals surface area contributed by atoms with Gasteiger partial charge in [-0.25, -0.2) is 0 Å². The second-order valence-corrected chi connectivity index (χ2v) is 4.06. The Morgan fingerprint density at radius 3 is 2.44 bits per heavy atom. The highest BCUT2D eigenvalue weighted by molar-refractivity contribution is 5.82. The average molecular weight is 251 g/mol. The summed E-state index contributed by atoms with van der Waals surface area (Å²) < 4.78 is 5.04. The third-order valence-corrected chi connectivity index (χ3v) is 2.56. The molecule has 0 saturated carbocycles. The molecular weight excluding hydrogens is 234 g/mol. The quantitative estimate of drug-likeness (QED) is 0.793. The van der Waals surface area contributed by atoms with Crippen LogP contribution in [0.1, 0.15) is 12.5 Å². The molecule has 98 valence electrons. The summed E-state index contributed by atoms with van der Waals surface area (Å²) in [6.07, 6.45) is 0.565.